The number of hydrogen-bond donors (Lipinski definition) is 0. The fourth-order valence-electron chi connectivity index (χ4n) is 8.22. The summed E-state index contributed by atoms with van der Waals surface area (Å²) >= 11 is 0. The number of nitriles is 3. The standard InChI is InChI=1S/C50H28N6/c51-28-34-11-1-4-14-37(34)32-21-23-42-40-17-7-9-19-45(40)55(47(42)25-32)49-31-54-50(27-44(49)39-16-6-3-13-36(39)30-53)56-46-20-10-8-18-41(46)43-24-22-33(26-48(43)56)38-15-5-2-12-35(38)29-52/h1-27,31H. The Balaban J connectivity index is 1.28. The predicted molar refractivity (Wildman–Crippen MR) is 223 cm³/mol. The maximum atomic E-state index is 10.4. The first-order valence-corrected chi connectivity index (χ1v) is 18.2. The molecule has 0 fully saturated rings. The second-order valence-corrected chi connectivity index (χ2v) is 13.7. The van der Waals surface area contributed by atoms with Crippen LogP contribution in [0, 0.1) is 34.0 Å². The zero-order valence-corrected chi connectivity index (χ0v) is 29.8. The Kier molecular flexibility index (Phi) is 7.53. The minimum Gasteiger partial charge on any atom is -0.307 e. The minimum atomic E-state index is 0.549. The van der Waals surface area contributed by atoms with Crippen molar-refractivity contribution >= 4 is 43.6 Å². The largest absolute Gasteiger partial charge is 0.307 e. The molecular weight excluding hydrogens is 685 g/mol. The molecule has 0 unspecified atom stereocenters. The lowest BCUT2D eigenvalue weighted by atomic mass is 9.98. The highest BCUT2D eigenvalue weighted by atomic mass is 15.1. The van der Waals surface area contributed by atoms with Crippen LogP contribution in [0.15, 0.2) is 170 Å². The van der Waals surface area contributed by atoms with Gasteiger partial charge in [0.15, 0.2) is 0 Å². The van der Waals surface area contributed by atoms with Crippen molar-refractivity contribution < 1.29 is 0 Å². The highest BCUT2D eigenvalue weighted by Crippen LogP contribution is 2.41. The molecule has 258 valence electrons. The minimum absolute atomic E-state index is 0.549. The molecule has 3 heterocycles. The van der Waals surface area contributed by atoms with E-state index in [1.807, 2.05) is 103 Å². The fraction of sp³-hybridized carbons (Fsp3) is 0. The van der Waals surface area contributed by atoms with Gasteiger partial charge in [0.25, 0.3) is 0 Å². The molecule has 10 aromatic rings. The second kappa shape index (κ2) is 13.0. The predicted octanol–water partition coefficient (Wildman–Crippen LogP) is 11.9. The van der Waals surface area contributed by atoms with Gasteiger partial charge >= 0.3 is 0 Å². The van der Waals surface area contributed by atoms with Crippen LogP contribution in [0.4, 0.5) is 0 Å². The molecule has 0 radical (unpaired) electrons. The Morgan fingerprint density at radius 3 is 1.36 bits per heavy atom. The Bertz CT molecular complexity index is 3360. The summed E-state index contributed by atoms with van der Waals surface area (Å²) in [6.45, 7) is 0. The van der Waals surface area contributed by atoms with Crippen molar-refractivity contribution in [3.05, 3.63) is 187 Å². The van der Waals surface area contributed by atoms with Crippen molar-refractivity contribution in [1.29, 1.82) is 15.8 Å². The molecule has 7 aromatic carbocycles. The molecule has 0 spiro atoms. The zero-order chi connectivity index (χ0) is 37.8. The first-order chi connectivity index (χ1) is 27.7. The van der Waals surface area contributed by atoms with Gasteiger partial charge < -0.3 is 4.57 Å². The van der Waals surface area contributed by atoms with Gasteiger partial charge in [0, 0.05) is 32.7 Å². The summed E-state index contributed by atoms with van der Waals surface area (Å²) in [7, 11) is 0. The number of benzene rings is 7. The molecule has 0 aliphatic rings. The van der Waals surface area contributed by atoms with Gasteiger partial charge in [0.05, 0.1) is 68.8 Å². The molecule has 10 rings (SSSR count). The molecule has 6 heteroatoms. The smallest absolute Gasteiger partial charge is 0.138 e. The van der Waals surface area contributed by atoms with Gasteiger partial charge in [-0.25, -0.2) is 4.98 Å². The van der Waals surface area contributed by atoms with Crippen LogP contribution in [0.3, 0.4) is 0 Å². The van der Waals surface area contributed by atoms with Crippen molar-refractivity contribution in [1.82, 2.24) is 14.1 Å². The second-order valence-electron chi connectivity index (χ2n) is 13.7. The van der Waals surface area contributed by atoms with Gasteiger partial charge in [-0.2, -0.15) is 15.8 Å². The molecular formula is C50H28N6. The number of para-hydroxylation sites is 2. The Labute approximate surface area is 322 Å². The van der Waals surface area contributed by atoms with Gasteiger partial charge in [-0.15, -0.1) is 0 Å². The molecule has 0 amide bonds. The van der Waals surface area contributed by atoms with Crippen LogP contribution in [0.1, 0.15) is 16.7 Å². The zero-order valence-electron chi connectivity index (χ0n) is 29.8. The van der Waals surface area contributed by atoms with Crippen LogP contribution in [-0.2, 0) is 0 Å². The molecule has 0 saturated carbocycles. The summed E-state index contributed by atoms with van der Waals surface area (Å²) in [6.07, 6.45) is 1.91. The van der Waals surface area contributed by atoms with Gasteiger partial charge in [0.1, 0.15) is 5.82 Å². The number of hydrogen-bond acceptors (Lipinski definition) is 4. The van der Waals surface area contributed by atoms with Crippen molar-refractivity contribution in [2.24, 2.45) is 0 Å². The van der Waals surface area contributed by atoms with Crippen LogP contribution < -0.4 is 0 Å². The van der Waals surface area contributed by atoms with E-state index in [1.165, 1.54) is 0 Å². The monoisotopic (exact) mass is 712 g/mol. The summed E-state index contributed by atoms with van der Waals surface area (Å²) in [4.78, 5) is 5.24. The first kappa shape index (κ1) is 32.4. The van der Waals surface area contributed by atoms with Gasteiger partial charge in [-0.3, -0.25) is 4.57 Å². The van der Waals surface area contributed by atoms with Gasteiger partial charge in [0.2, 0.25) is 0 Å². The van der Waals surface area contributed by atoms with Crippen molar-refractivity contribution in [3.8, 4) is 63.1 Å². The van der Waals surface area contributed by atoms with Crippen LogP contribution in [-0.4, -0.2) is 14.1 Å². The van der Waals surface area contributed by atoms with E-state index in [1.54, 1.807) is 0 Å². The van der Waals surface area contributed by atoms with E-state index in [2.05, 4.69) is 94.1 Å². The van der Waals surface area contributed by atoms with Crippen molar-refractivity contribution in [2.45, 2.75) is 0 Å². The van der Waals surface area contributed by atoms with Crippen LogP contribution in [0.5, 0.6) is 0 Å². The first-order valence-electron chi connectivity index (χ1n) is 18.2. The third-order valence-electron chi connectivity index (χ3n) is 10.7. The van der Waals surface area contributed by atoms with E-state index in [4.69, 9.17) is 4.98 Å². The Morgan fingerprint density at radius 2 is 0.804 bits per heavy atom. The van der Waals surface area contributed by atoms with Crippen LogP contribution in [0.25, 0.3) is 88.5 Å². The molecule has 3 aromatic heterocycles. The van der Waals surface area contributed by atoms with Crippen molar-refractivity contribution in [3.63, 3.8) is 0 Å². The van der Waals surface area contributed by atoms with E-state index in [9.17, 15) is 15.8 Å². The van der Waals surface area contributed by atoms with Crippen LogP contribution >= 0.6 is 0 Å². The summed E-state index contributed by atoms with van der Waals surface area (Å²) < 4.78 is 4.40. The third kappa shape index (κ3) is 4.97. The van der Waals surface area contributed by atoms with Gasteiger partial charge in [-0.05, 0) is 70.8 Å². The highest BCUT2D eigenvalue weighted by Gasteiger charge is 2.22. The average molecular weight is 713 g/mol. The summed E-state index contributed by atoms with van der Waals surface area (Å²) in [6, 6.07) is 61.5. The summed E-state index contributed by atoms with van der Waals surface area (Å²) in [5, 5.41) is 34.7. The number of aromatic nitrogens is 3. The van der Waals surface area contributed by atoms with Gasteiger partial charge in [-0.1, -0.05) is 115 Å². The average Bonchev–Trinajstić information content (AvgIpc) is 3.78. The third-order valence-corrected chi connectivity index (χ3v) is 10.7. The molecule has 0 bridgehead atoms. The molecule has 0 saturated heterocycles. The molecule has 6 nitrogen and oxygen atoms in total. The van der Waals surface area contributed by atoms with Crippen LogP contribution in [0.2, 0.25) is 0 Å². The number of fused-ring (bicyclic) bond motifs is 6. The fourth-order valence-corrected chi connectivity index (χ4v) is 8.22. The maximum Gasteiger partial charge on any atom is 0.138 e. The normalized spacial score (nSPS) is 11.2. The molecule has 0 aliphatic carbocycles. The lowest BCUT2D eigenvalue weighted by molar-refractivity contribution is 1.06. The molecule has 0 N–H and O–H groups in total. The van der Waals surface area contributed by atoms with E-state index >= 15 is 0 Å². The topological polar surface area (TPSA) is 94.1 Å². The van der Waals surface area contributed by atoms with E-state index in [-0.39, 0.29) is 0 Å². The SMILES string of the molecule is N#Cc1ccccc1-c1ccc2c3ccccc3n(-c3cc(-c4ccccc4C#N)c(-n4c5ccccc5c5ccc(-c6ccccc6C#N)cc54)cn3)c2c1. The maximum absolute atomic E-state index is 10.4. The number of pyridine rings is 1. The highest BCUT2D eigenvalue weighted by molar-refractivity contribution is 6.12. The number of rotatable bonds is 5. The lowest BCUT2D eigenvalue weighted by Crippen LogP contribution is -2.04. The Morgan fingerprint density at radius 1 is 0.375 bits per heavy atom. The lowest BCUT2D eigenvalue weighted by Gasteiger charge is -2.17. The summed E-state index contributed by atoms with van der Waals surface area (Å²) in [5.41, 5.74) is 11.7. The molecule has 0 atom stereocenters. The Hall–Kier alpha value is -8.24. The van der Waals surface area contributed by atoms with E-state index in [0.717, 1.165) is 82.7 Å². The summed E-state index contributed by atoms with van der Waals surface area (Å²) in [5.74, 6) is 0.692. The quantitative estimate of drug-likeness (QED) is 0.177. The molecule has 56 heavy (non-hydrogen) atoms. The molecule has 0 aliphatic heterocycles. The van der Waals surface area contributed by atoms with Crippen molar-refractivity contribution in [2.75, 3.05) is 0 Å². The van der Waals surface area contributed by atoms with E-state index in [0.29, 0.717) is 22.5 Å². The number of nitrogens with zero attached hydrogens (tertiary/aromatic N) is 6. The van der Waals surface area contributed by atoms with E-state index < -0.39 is 0 Å².